The highest BCUT2D eigenvalue weighted by molar-refractivity contribution is 9.09. The van der Waals surface area contributed by atoms with Crippen molar-refractivity contribution in [2.75, 3.05) is 5.33 Å². The first-order chi connectivity index (χ1) is 4.06. The van der Waals surface area contributed by atoms with Crippen LogP contribution in [-0.4, -0.2) is 27.1 Å². The number of aliphatic carboxylic acids is 1. The third-order valence-corrected chi connectivity index (χ3v) is 1.77. The fourth-order valence-corrected chi connectivity index (χ4v) is 0.668. The van der Waals surface area contributed by atoms with Crippen molar-refractivity contribution in [3.8, 4) is 0 Å². The van der Waals surface area contributed by atoms with Crippen LogP contribution < -0.4 is 0 Å². The normalized spacial score (nSPS) is 16.2. The minimum Gasteiger partial charge on any atom is -0.479 e. The average Bonchev–Trinajstić information content (AvgIpc) is 1.86. The summed E-state index contributed by atoms with van der Waals surface area (Å²) in [4.78, 5) is 10.1. The molecule has 0 heterocycles. The molecule has 1 unspecified atom stereocenters. The summed E-state index contributed by atoms with van der Waals surface area (Å²) in [6, 6.07) is 0. The van der Waals surface area contributed by atoms with Crippen molar-refractivity contribution >= 4 is 21.9 Å². The van der Waals surface area contributed by atoms with Crippen LogP contribution in [0.25, 0.3) is 0 Å². The minimum absolute atomic E-state index is 0.0428. The average molecular weight is 195 g/mol. The number of aliphatic hydroxyl groups is 1. The molecular weight excluding hydrogens is 188 g/mol. The molecule has 0 aliphatic heterocycles. The first kappa shape index (κ1) is 8.65. The van der Waals surface area contributed by atoms with Gasteiger partial charge in [-0.3, -0.25) is 0 Å². The Bertz CT molecular complexity index is 134. The van der Waals surface area contributed by atoms with Crippen LogP contribution in [0.5, 0.6) is 0 Å². The van der Waals surface area contributed by atoms with Gasteiger partial charge in [0.25, 0.3) is 0 Å². The molecule has 0 saturated heterocycles. The van der Waals surface area contributed by atoms with Crippen LogP contribution in [0.15, 0.2) is 12.7 Å². The molecule has 0 bridgehead atoms. The molecule has 0 saturated carbocycles. The SMILES string of the molecule is C=CC(O)(CBr)C(=O)O. The summed E-state index contributed by atoms with van der Waals surface area (Å²) in [6.07, 6.45) is 0.976. The van der Waals surface area contributed by atoms with Gasteiger partial charge in [0.15, 0.2) is 5.60 Å². The molecule has 0 amide bonds. The van der Waals surface area contributed by atoms with E-state index in [2.05, 4.69) is 22.5 Å². The number of carboxylic acid groups (broad SMARTS) is 1. The Morgan fingerprint density at radius 1 is 1.89 bits per heavy atom. The van der Waals surface area contributed by atoms with Gasteiger partial charge < -0.3 is 10.2 Å². The van der Waals surface area contributed by atoms with Crippen molar-refractivity contribution in [1.29, 1.82) is 0 Å². The van der Waals surface area contributed by atoms with Crippen LogP contribution in [0.3, 0.4) is 0 Å². The van der Waals surface area contributed by atoms with E-state index in [4.69, 9.17) is 10.2 Å². The number of rotatable bonds is 3. The summed E-state index contributed by atoms with van der Waals surface area (Å²) in [5.74, 6) is -1.30. The number of carboxylic acids is 1. The maximum atomic E-state index is 10.1. The summed E-state index contributed by atoms with van der Waals surface area (Å²) in [6.45, 7) is 3.16. The molecule has 0 rings (SSSR count). The van der Waals surface area contributed by atoms with Gasteiger partial charge in [0, 0.05) is 5.33 Å². The first-order valence-corrected chi connectivity index (χ1v) is 3.34. The lowest BCUT2D eigenvalue weighted by Gasteiger charge is -2.13. The summed E-state index contributed by atoms with van der Waals surface area (Å²) in [7, 11) is 0. The van der Waals surface area contributed by atoms with Crippen molar-refractivity contribution in [2.24, 2.45) is 0 Å². The molecule has 0 aromatic heterocycles. The number of carbonyl (C=O) groups is 1. The molecule has 0 spiro atoms. The van der Waals surface area contributed by atoms with Crippen LogP contribution in [-0.2, 0) is 4.79 Å². The van der Waals surface area contributed by atoms with E-state index in [0.29, 0.717) is 0 Å². The van der Waals surface area contributed by atoms with Gasteiger partial charge in [-0.25, -0.2) is 4.79 Å². The Balaban J connectivity index is 4.27. The molecule has 0 aromatic carbocycles. The van der Waals surface area contributed by atoms with E-state index in [0.717, 1.165) is 6.08 Å². The molecule has 1 atom stereocenters. The maximum absolute atomic E-state index is 10.1. The van der Waals surface area contributed by atoms with Crippen LogP contribution in [0.4, 0.5) is 0 Å². The molecule has 0 radical (unpaired) electrons. The molecule has 3 nitrogen and oxygen atoms in total. The van der Waals surface area contributed by atoms with E-state index >= 15 is 0 Å². The maximum Gasteiger partial charge on any atom is 0.340 e. The standard InChI is InChI=1S/C5H7BrO3/c1-2-5(9,3-6)4(7)8/h2,9H,1,3H2,(H,7,8). The molecule has 4 heteroatoms. The predicted octanol–water partition coefficient (Wildman–Crippen LogP) is 0.383. The Hall–Kier alpha value is -0.350. The van der Waals surface area contributed by atoms with Crippen LogP contribution in [0.1, 0.15) is 0 Å². The highest BCUT2D eigenvalue weighted by atomic mass is 79.9. The second-order valence-electron chi connectivity index (χ2n) is 1.57. The summed E-state index contributed by atoms with van der Waals surface area (Å²) in [5.41, 5.74) is -1.82. The smallest absolute Gasteiger partial charge is 0.340 e. The van der Waals surface area contributed by atoms with Crippen LogP contribution in [0.2, 0.25) is 0 Å². The first-order valence-electron chi connectivity index (χ1n) is 2.22. The van der Waals surface area contributed by atoms with Crippen molar-refractivity contribution in [3.05, 3.63) is 12.7 Å². The quantitative estimate of drug-likeness (QED) is 0.505. The van der Waals surface area contributed by atoms with Gasteiger partial charge in [-0.1, -0.05) is 22.5 Å². The Kier molecular flexibility index (Phi) is 2.87. The Labute approximate surface area is 61.1 Å². The zero-order valence-corrected chi connectivity index (χ0v) is 6.26. The lowest BCUT2D eigenvalue weighted by molar-refractivity contribution is -0.151. The predicted molar refractivity (Wildman–Crippen MR) is 36.6 cm³/mol. The topological polar surface area (TPSA) is 57.5 Å². The minimum atomic E-state index is -1.82. The number of alkyl halides is 1. The fourth-order valence-electron chi connectivity index (χ4n) is 0.199. The summed E-state index contributed by atoms with van der Waals surface area (Å²) >= 11 is 2.83. The third-order valence-electron chi connectivity index (χ3n) is 0.912. The molecule has 0 aliphatic rings. The molecule has 2 N–H and O–H groups in total. The van der Waals surface area contributed by atoms with Crippen molar-refractivity contribution in [2.45, 2.75) is 5.60 Å². The lowest BCUT2D eigenvalue weighted by Crippen LogP contribution is -2.37. The van der Waals surface area contributed by atoms with Gasteiger partial charge in [0.05, 0.1) is 0 Å². The highest BCUT2D eigenvalue weighted by Gasteiger charge is 2.30. The van der Waals surface area contributed by atoms with E-state index in [1.54, 1.807) is 0 Å². The van der Waals surface area contributed by atoms with Crippen LogP contribution in [0, 0.1) is 0 Å². The summed E-state index contributed by atoms with van der Waals surface area (Å²) in [5, 5.41) is 17.2. The Morgan fingerprint density at radius 3 is 2.33 bits per heavy atom. The second kappa shape index (κ2) is 2.98. The van der Waals surface area contributed by atoms with Crippen molar-refractivity contribution in [1.82, 2.24) is 0 Å². The largest absolute Gasteiger partial charge is 0.479 e. The zero-order valence-electron chi connectivity index (χ0n) is 4.67. The van der Waals surface area contributed by atoms with Gasteiger partial charge in [-0.05, 0) is 6.08 Å². The van der Waals surface area contributed by atoms with Gasteiger partial charge in [0.1, 0.15) is 0 Å². The van der Waals surface area contributed by atoms with E-state index in [9.17, 15) is 4.79 Å². The van der Waals surface area contributed by atoms with E-state index in [1.165, 1.54) is 0 Å². The molecule has 0 fully saturated rings. The molecule has 9 heavy (non-hydrogen) atoms. The molecule has 0 aromatic rings. The molecular formula is C5H7BrO3. The highest BCUT2D eigenvalue weighted by Crippen LogP contribution is 2.08. The summed E-state index contributed by atoms with van der Waals surface area (Å²) < 4.78 is 0. The van der Waals surface area contributed by atoms with E-state index in [1.807, 2.05) is 0 Å². The number of hydrogen-bond acceptors (Lipinski definition) is 2. The van der Waals surface area contributed by atoms with E-state index in [-0.39, 0.29) is 5.33 Å². The van der Waals surface area contributed by atoms with Gasteiger partial charge in [-0.2, -0.15) is 0 Å². The Morgan fingerprint density at radius 2 is 2.33 bits per heavy atom. The van der Waals surface area contributed by atoms with Gasteiger partial charge >= 0.3 is 5.97 Å². The molecule has 52 valence electrons. The van der Waals surface area contributed by atoms with Crippen molar-refractivity contribution < 1.29 is 15.0 Å². The lowest BCUT2D eigenvalue weighted by atomic mass is 10.1. The van der Waals surface area contributed by atoms with E-state index < -0.39 is 11.6 Å². The van der Waals surface area contributed by atoms with Crippen LogP contribution >= 0.6 is 15.9 Å². The third kappa shape index (κ3) is 1.80. The van der Waals surface area contributed by atoms with Crippen molar-refractivity contribution in [3.63, 3.8) is 0 Å². The second-order valence-corrected chi connectivity index (χ2v) is 2.13. The number of hydrogen-bond donors (Lipinski definition) is 2. The van der Waals surface area contributed by atoms with Gasteiger partial charge in [0.2, 0.25) is 0 Å². The fraction of sp³-hybridized carbons (Fsp3) is 0.400. The number of halogens is 1. The zero-order chi connectivity index (χ0) is 7.49. The molecule has 0 aliphatic carbocycles. The van der Waals surface area contributed by atoms with Gasteiger partial charge in [-0.15, -0.1) is 0 Å². The monoisotopic (exact) mass is 194 g/mol.